The molecule has 0 aliphatic carbocycles. The second kappa shape index (κ2) is 8.34. The van der Waals surface area contributed by atoms with Crippen LogP contribution in [-0.2, 0) is 14.4 Å². The fourth-order valence-electron chi connectivity index (χ4n) is 3.47. The monoisotopic (exact) mass is 360 g/mol. The van der Waals surface area contributed by atoms with Gasteiger partial charge in [0.2, 0.25) is 11.8 Å². The number of likely N-dealkylation sites (tertiary alicyclic amines) is 1. The van der Waals surface area contributed by atoms with E-state index in [4.69, 9.17) is 0 Å². The lowest BCUT2D eigenvalue weighted by atomic mass is 9.82. The first-order chi connectivity index (χ1) is 12.3. The highest BCUT2D eigenvalue weighted by Gasteiger charge is 2.39. The minimum Gasteiger partial charge on any atom is -0.481 e. The Balaban J connectivity index is 1.99. The number of carbonyl (C=O) groups is 3. The maximum Gasteiger partial charge on any atom is 0.311 e. The van der Waals surface area contributed by atoms with E-state index in [1.54, 1.807) is 4.90 Å². The highest BCUT2D eigenvalue weighted by molar-refractivity contribution is 5.89. The third-order valence-corrected chi connectivity index (χ3v) is 5.69. The van der Waals surface area contributed by atoms with Crippen LogP contribution in [-0.4, -0.2) is 40.9 Å². The van der Waals surface area contributed by atoms with Gasteiger partial charge in [0.1, 0.15) is 0 Å². The lowest BCUT2D eigenvalue weighted by molar-refractivity contribution is -0.149. The summed E-state index contributed by atoms with van der Waals surface area (Å²) in [6.07, 6.45) is 1.06. The van der Waals surface area contributed by atoms with Gasteiger partial charge < -0.3 is 15.3 Å². The van der Waals surface area contributed by atoms with Gasteiger partial charge in [-0.2, -0.15) is 0 Å². The van der Waals surface area contributed by atoms with Crippen molar-refractivity contribution in [3.8, 4) is 0 Å². The number of nitrogens with zero attached hydrogens (tertiary/aromatic N) is 1. The summed E-state index contributed by atoms with van der Waals surface area (Å²) in [7, 11) is 0. The van der Waals surface area contributed by atoms with Crippen LogP contribution in [0.4, 0.5) is 0 Å². The first-order valence-corrected chi connectivity index (χ1v) is 9.20. The molecule has 1 saturated heterocycles. The Morgan fingerprint density at radius 3 is 2.42 bits per heavy atom. The fraction of sp³-hybridized carbons (Fsp3) is 0.550. The number of nitrogens with one attached hydrogen (secondary N) is 1. The average Bonchev–Trinajstić information content (AvgIpc) is 3.04. The summed E-state index contributed by atoms with van der Waals surface area (Å²) in [5.41, 5.74) is 0.0822. The molecule has 1 aromatic carbocycles. The van der Waals surface area contributed by atoms with Gasteiger partial charge in [0.25, 0.3) is 0 Å². The lowest BCUT2D eigenvalue weighted by Gasteiger charge is -2.28. The second-order valence-corrected chi connectivity index (χ2v) is 7.04. The van der Waals surface area contributed by atoms with E-state index in [0.29, 0.717) is 19.4 Å². The highest BCUT2D eigenvalue weighted by Crippen LogP contribution is 2.29. The molecule has 6 heteroatoms. The molecule has 26 heavy (non-hydrogen) atoms. The molecule has 6 nitrogen and oxygen atoms in total. The number of hydrogen-bond acceptors (Lipinski definition) is 3. The van der Waals surface area contributed by atoms with Crippen molar-refractivity contribution in [1.82, 2.24) is 10.2 Å². The predicted molar refractivity (Wildman–Crippen MR) is 98.3 cm³/mol. The molecule has 1 aliphatic rings. The Bertz CT molecular complexity index is 655. The molecule has 0 saturated carbocycles. The van der Waals surface area contributed by atoms with Crippen molar-refractivity contribution in [3.63, 3.8) is 0 Å². The first kappa shape index (κ1) is 19.9. The molecule has 2 unspecified atom stereocenters. The Hall–Kier alpha value is -2.37. The van der Waals surface area contributed by atoms with Crippen molar-refractivity contribution in [3.05, 3.63) is 35.9 Å². The van der Waals surface area contributed by atoms with Crippen molar-refractivity contribution in [2.75, 3.05) is 13.1 Å². The quantitative estimate of drug-likeness (QED) is 0.746. The topological polar surface area (TPSA) is 86.7 Å². The molecule has 1 fully saturated rings. The van der Waals surface area contributed by atoms with Crippen LogP contribution in [0.5, 0.6) is 0 Å². The zero-order valence-electron chi connectivity index (χ0n) is 15.7. The van der Waals surface area contributed by atoms with Crippen molar-refractivity contribution >= 4 is 17.8 Å². The molecule has 0 radical (unpaired) electrons. The Morgan fingerprint density at radius 2 is 1.88 bits per heavy atom. The molecule has 2 rings (SSSR count). The molecule has 2 atom stereocenters. The van der Waals surface area contributed by atoms with Gasteiger partial charge in [-0.05, 0) is 25.3 Å². The standard InChI is InChI=1S/C20H28N2O4/c1-4-20(5-2,19(25)26)13-21-18(24)16-11-17(23)22(12-16)14(3)15-9-7-6-8-10-15/h6-10,14,16H,4-5,11-13H2,1-3H3,(H,21,24)(H,25,26). The first-order valence-electron chi connectivity index (χ1n) is 9.20. The summed E-state index contributed by atoms with van der Waals surface area (Å²) >= 11 is 0. The van der Waals surface area contributed by atoms with Crippen LogP contribution in [0.15, 0.2) is 30.3 Å². The third kappa shape index (κ3) is 4.06. The highest BCUT2D eigenvalue weighted by atomic mass is 16.4. The number of carbonyl (C=O) groups excluding carboxylic acids is 2. The molecule has 2 N–H and O–H groups in total. The number of amides is 2. The number of benzene rings is 1. The number of rotatable bonds is 8. The summed E-state index contributed by atoms with van der Waals surface area (Å²) in [6.45, 7) is 6.03. The zero-order valence-corrected chi connectivity index (χ0v) is 15.7. The maximum absolute atomic E-state index is 12.5. The normalized spacial score (nSPS) is 18.7. The summed E-state index contributed by atoms with van der Waals surface area (Å²) < 4.78 is 0. The zero-order chi connectivity index (χ0) is 19.3. The van der Waals surface area contributed by atoms with E-state index < -0.39 is 17.3 Å². The van der Waals surface area contributed by atoms with Crippen LogP contribution < -0.4 is 5.32 Å². The van der Waals surface area contributed by atoms with Crippen LogP contribution in [0.3, 0.4) is 0 Å². The van der Waals surface area contributed by atoms with Gasteiger partial charge in [-0.15, -0.1) is 0 Å². The largest absolute Gasteiger partial charge is 0.481 e. The molecule has 142 valence electrons. The van der Waals surface area contributed by atoms with Gasteiger partial charge in [-0.25, -0.2) is 0 Å². The van der Waals surface area contributed by atoms with E-state index in [1.807, 2.05) is 51.1 Å². The SMILES string of the molecule is CCC(CC)(CNC(=O)C1CC(=O)N(C(C)c2ccccc2)C1)C(=O)O. The minimum absolute atomic E-state index is 0.0445. The van der Waals surface area contributed by atoms with E-state index >= 15 is 0 Å². The summed E-state index contributed by atoms with van der Waals surface area (Å²) in [5.74, 6) is -1.62. The van der Waals surface area contributed by atoms with Crippen molar-refractivity contribution in [2.24, 2.45) is 11.3 Å². The summed E-state index contributed by atoms with van der Waals surface area (Å²) in [4.78, 5) is 38.2. The average molecular weight is 360 g/mol. The molecule has 0 aromatic heterocycles. The van der Waals surface area contributed by atoms with Crippen LogP contribution in [0, 0.1) is 11.3 Å². The second-order valence-electron chi connectivity index (χ2n) is 7.04. The number of hydrogen-bond donors (Lipinski definition) is 2. The Kier molecular flexibility index (Phi) is 6.40. The van der Waals surface area contributed by atoms with E-state index in [2.05, 4.69) is 5.32 Å². The maximum atomic E-state index is 12.5. The van der Waals surface area contributed by atoms with E-state index in [9.17, 15) is 19.5 Å². The predicted octanol–water partition coefficient (Wildman–Crippen LogP) is 2.60. The van der Waals surface area contributed by atoms with Crippen molar-refractivity contribution < 1.29 is 19.5 Å². The smallest absolute Gasteiger partial charge is 0.311 e. The third-order valence-electron chi connectivity index (χ3n) is 5.69. The fourth-order valence-corrected chi connectivity index (χ4v) is 3.47. The van der Waals surface area contributed by atoms with Crippen LogP contribution in [0.1, 0.15) is 51.6 Å². The lowest BCUT2D eigenvalue weighted by Crippen LogP contribution is -2.44. The number of aliphatic carboxylic acids is 1. The minimum atomic E-state index is -0.949. The number of carboxylic acids is 1. The Morgan fingerprint density at radius 1 is 1.27 bits per heavy atom. The number of carboxylic acid groups (broad SMARTS) is 1. The van der Waals surface area contributed by atoms with E-state index in [-0.39, 0.29) is 30.8 Å². The van der Waals surface area contributed by atoms with E-state index in [0.717, 1.165) is 5.56 Å². The molecule has 0 spiro atoms. The van der Waals surface area contributed by atoms with Gasteiger partial charge in [0.15, 0.2) is 0 Å². The molecule has 1 aromatic rings. The molecular formula is C20H28N2O4. The molecule has 1 heterocycles. The van der Waals surface area contributed by atoms with Gasteiger partial charge in [0, 0.05) is 19.5 Å². The van der Waals surface area contributed by atoms with Gasteiger partial charge in [0.05, 0.1) is 17.4 Å². The molecule has 2 amide bonds. The van der Waals surface area contributed by atoms with Gasteiger partial charge in [-0.1, -0.05) is 44.2 Å². The van der Waals surface area contributed by atoms with Crippen LogP contribution in [0.25, 0.3) is 0 Å². The van der Waals surface area contributed by atoms with Gasteiger partial charge >= 0.3 is 5.97 Å². The molecular weight excluding hydrogens is 332 g/mol. The van der Waals surface area contributed by atoms with E-state index in [1.165, 1.54) is 0 Å². The Labute approximate surface area is 154 Å². The van der Waals surface area contributed by atoms with Crippen molar-refractivity contribution in [2.45, 2.75) is 46.1 Å². The van der Waals surface area contributed by atoms with Crippen LogP contribution in [0.2, 0.25) is 0 Å². The van der Waals surface area contributed by atoms with Crippen molar-refractivity contribution in [1.29, 1.82) is 0 Å². The molecule has 0 bridgehead atoms. The summed E-state index contributed by atoms with van der Waals surface area (Å²) in [6, 6.07) is 9.62. The van der Waals surface area contributed by atoms with Crippen LogP contribution >= 0.6 is 0 Å². The van der Waals surface area contributed by atoms with Gasteiger partial charge in [-0.3, -0.25) is 14.4 Å². The summed E-state index contributed by atoms with van der Waals surface area (Å²) in [5, 5.41) is 12.2. The molecule has 1 aliphatic heterocycles.